The van der Waals surface area contributed by atoms with Crippen molar-refractivity contribution in [1.29, 1.82) is 0 Å². The smallest absolute Gasteiger partial charge is 0.291 e. The van der Waals surface area contributed by atoms with E-state index in [2.05, 4.69) is 10.1 Å². The van der Waals surface area contributed by atoms with E-state index in [1.54, 1.807) is 30.3 Å². The van der Waals surface area contributed by atoms with Gasteiger partial charge in [-0.1, -0.05) is 23.5 Å². The van der Waals surface area contributed by atoms with Crippen LogP contribution in [0, 0.1) is 5.82 Å². The Bertz CT molecular complexity index is 1070. The van der Waals surface area contributed by atoms with Gasteiger partial charge in [-0.25, -0.2) is 4.39 Å². The molecule has 0 spiro atoms. The lowest BCUT2D eigenvalue weighted by Gasteiger charge is -1.90. The number of thiazole rings is 1. The molecule has 0 unspecified atom stereocenters. The van der Waals surface area contributed by atoms with Crippen molar-refractivity contribution in [3.63, 3.8) is 0 Å². The molecule has 1 aromatic carbocycles. The number of rotatable bonds is 2. The number of aromatic nitrogens is 3. The third-order valence-corrected chi connectivity index (χ3v) is 4.03. The van der Waals surface area contributed by atoms with E-state index >= 15 is 0 Å². The molecule has 7 heteroatoms. The van der Waals surface area contributed by atoms with E-state index in [1.165, 1.54) is 34.2 Å². The van der Waals surface area contributed by atoms with Crippen LogP contribution in [-0.4, -0.2) is 14.6 Å². The van der Waals surface area contributed by atoms with E-state index in [4.69, 9.17) is 4.42 Å². The number of halogens is 1. The first-order valence-corrected chi connectivity index (χ1v) is 7.23. The Labute approximate surface area is 127 Å². The highest BCUT2D eigenvalue weighted by atomic mass is 32.1. The average molecular weight is 313 g/mol. The highest BCUT2D eigenvalue weighted by Gasteiger charge is 2.13. The second kappa shape index (κ2) is 4.88. The third kappa shape index (κ3) is 2.11. The molecule has 4 rings (SSSR count). The normalized spacial score (nSPS) is 12.3. The Balaban J connectivity index is 1.86. The van der Waals surface area contributed by atoms with Crippen LogP contribution >= 0.6 is 11.3 Å². The number of fused-ring (bicyclic) bond motifs is 1. The minimum Gasteiger partial charge on any atom is -0.461 e. The second-order valence-corrected chi connectivity index (χ2v) is 5.59. The monoisotopic (exact) mass is 313 g/mol. The van der Waals surface area contributed by atoms with Crippen molar-refractivity contribution in [1.82, 2.24) is 14.6 Å². The maximum absolute atomic E-state index is 13.2. The predicted molar refractivity (Wildman–Crippen MR) is 80.0 cm³/mol. The molecule has 0 N–H and O–H groups in total. The van der Waals surface area contributed by atoms with Crippen molar-refractivity contribution in [3.8, 4) is 11.6 Å². The van der Waals surface area contributed by atoms with Gasteiger partial charge in [-0.05, 0) is 35.9 Å². The highest BCUT2D eigenvalue weighted by molar-refractivity contribution is 7.15. The summed E-state index contributed by atoms with van der Waals surface area (Å²) in [6.45, 7) is 0. The van der Waals surface area contributed by atoms with Gasteiger partial charge < -0.3 is 4.42 Å². The van der Waals surface area contributed by atoms with Gasteiger partial charge in [0.25, 0.3) is 5.56 Å². The van der Waals surface area contributed by atoms with Gasteiger partial charge >= 0.3 is 0 Å². The molecule has 108 valence electrons. The maximum atomic E-state index is 13.2. The molecular formula is C15H8FN3O2S. The summed E-state index contributed by atoms with van der Waals surface area (Å²) in [5.41, 5.74) is 0.336. The van der Waals surface area contributed by atoms with E-state index in [-0.39, 0.29) is 11.4 Å². The Morgan fingerprint density at radius 1 is 1.27 bits per heavy atom. The van der Waals surface area contributed by atoms with Gasteiger partial charge in [0.1, 0.15) is 5.82 Å². The second-order valence-electron chi connectivity index (χ2n) is 4.58. The number of hydrogen-bond donors (Lipinski definition) is 0. The Hall–Kier alpha value is -2.80. The fourth-order valence-corrected chi connectivity index (χ4v) is 3.00. The summed E-state index contributed by atoms with van der Waals surface area (Å²) in [4.78, 5) is 17.1. The maximum Gasteiger partial charge on any atom is 0.291 e. The largest absolute Gasteiger partial charge is 0.461 e. The van der Waals surface area contributed by atoms with Gasteiger partial charge in [0, 0.05) is 0 Å². The molecule has 0 saturated heterocycles. The quantitative estimate of drug-likeness (QED) is 0.568. The van der Waals surface area contributed by atoms with Crippen LogP contribution in [0.3, 0.4) is 0 Å². The molecule has 3 heterocycles. The molecule has 0 radical (unpaired) electrons. The lowest BCUT2D eigenvalue weighted by Crippen LogP contribution is -2.23. The van der Waals surface area contributed by atoms with E-state index in [0.717, 1.165) is 0 Å². The number of hydrogen-bond acceptors (Lipinski definition) is 5. The minimum atomic E-state index is -0.347. The fourth-order valence-electron chi connectivity index (χ4n) is 2.09. The molecule has 22 heavy (non-hydrogen) atoms. The molecule has 5 nitrogen and oxygen atoms in total. The van der Waals surface area contributed by atoms with Crippen molar-refractivity contribution in [3.05, 3.63) is 68.9 Å². The summed E-state index contributed by atoms with van der Waals surface area (Å²) in [6.07, 6.45) is 3.14. The molecule has 0 fully saturated rings. The van der Waals surface area contributed by atoms with Crippen LogP contribution in [0.25, 0.3) is 22.6 Å². The van der Waals surface area contributed by atoms with Crippen molar-refractivity contribution in [2.45, 2.75) is 0 Å². The lowest BCUT2D eigenvalue weighted by molar-refractivity contribution is 0.577. The van der Waals surface area contributed by atoms with Gasteiger partial charge in [0.15, 0.2) is 5.76 Å². The van der Waals surface area contributed by atoms with Crippen LogP contribution in [0.1, 0.15) is 5.56 Å². The SMILES string of the molecule is O=c1/c(=C/c2cccc(F)c2)sc2nc(-c3ccco3)nn12. The van der Waals surface area contributed by atoms with Crippen molar-refractivity contribution < 1.29 is 8.81 Å². The van der Waals surface area contributed by atoms with Crippen molar-refractivity contribution >= 4 is 22.4 Å². The van der Waals surface area contributed by atoms with Crippen molar-refractivity contribution in [2.24, 2.45) is 0 Å². The van der Waals surface area contributed by atoms with E-state index < -0.39 is 0 Å². The fraction of sp³-hybridized carbons (Fsp3) is 0. The van der Waals surface area contributed by atoms with Crippen LogP contribution in [0.5, 0.6) is 0 Å². The zero-order valence-corrected chi connectivity index (χ0v) is 11.9. The summed E-state index contributed by atoms with van der Waals surface area (Å²) >= 11 is 1.20. The summed E-state index contributed by atoms with van der Waals surface area (Å²) in [7, 11) is 0. The molecule has 3 aromatic heterocycles. The zero-order chi connectivity index (χ0) is 15.1. The number of benzene rings is 1. The summed E-state index contributed by atoms with van der Waals surface area (Å²) in [6, 6.07) is 9.50. The van der Waals surface area contributed by atoms with Crippen LogP contribution in [0.15, 0.2) is 51.9 Å². The minimum absolute atomic E-state index is 0.283. The van der Waals surface area contributed by atoms with Crippen LogP contribution in [0.4, 0.5) is 4.39 Å². The Morgan fingerprint density at radius 2 is 2.18 bits per heavy atom. The molecule has 0 aliphatic carbocycles. The first kappa shape index (κ1) is 12.9. The first-order valence-electron chi connectivity index (χ1n) is 6.41. The summed E-state index contributed by atoms with van der Waals surface area (Å²) in [5, 5.41) is 4.15. The topological polar surface area (TPSA) is 60.4 Å². The molecule has 0 amide bonds. The van der Waals surface area contributed by atoms with Gasteiger partial charge in [0.2, 0.25) is 10.8 Å². The number of furan rings is 1. The standard InChI is InChI=1S/C15H8FN3O2S/c16-10-4-1-3-9(7-10)8-12-14(20)19-15(22-12)17-13(18-19)11-5-2-6-21-11/h1-8H/b12-8-. The van der Waals surface area contributed by atoms with E-state index in [0.29, 0.717) is 26.6 Å². The predicted octanol–water partition coefficient (Wildman–Crippen LogP) is 2.10. The van der Waals surface area contributed by atoms with Gasteiger partial charge in [-0.15, -0.1) is 5.10 Å². The Kier molecular flexibility index (Phi) is 2.87. The van der Waals surface area contributed by atoms with Gasteiger partial charge in [-0.3, -0.25) is 4.79 Å². The molecule has 4 aromatic rings. The molecule has 0 atom stereocenters. The van der Waals surface area contributed by atoms with Crippen molar-refractivity contribution in [2.75, 3.05) is 0 Å². The van der Waals surface area contributed by atoms with Crippen LogP contribution in [-0.2, 0) is 0 Å². The van der Waals surface area contributed by atoms with E-state index in [1.807, 2.05) is 0 Å². The van der Waals surface area contributed by atoms with E-state index in [9.17, 15) is 9.18 Å². The van der Waals surface area contributed by atoms with Gasteiger partial charge in [0.05, 0.1) is 10.8 Å². The zero-order valence-electron chi connectivity index (χ0n) is 11.1. The Morgan fingerprint density at radius 3 is 2.91 bits per heavy atom. The molecular weight excluding hydrogens is 305 g/mol. The molecule has 0 bridgehead atoms. The van der Waals surface area contributed by atoms with Crippen LogP contribution in [0.2, 0.25) is 0 Å². The molecule has 0 aliphatic rings. The average Bonchev–Trinajstić information content (AvgIpc) is 3.18. The summed E-state index contributed by atoms with van der Waals surface area (Å²) < 4.78 is 20.1. The van der Waals surface area contributed by atoms with Crippen LogP contribution < -0.4 is 10.1 Å². The molecule has 0 aliphatic heterocycles. The first-order chi connectivity index (χ1) is 10.7. The highest BCUT2D eigenvalue weighted by Crippen LogP contribution is 2.16. The summed E-state index contributed by atoms with van der Waals surface area (Å²) in [5.74, 6) is 0.525. The number of nitrogens with zero attached hydrogens (tertiary/aromatic N) is 3. The third-order valence-electron chi connectivity index (χ3n) is 3.07. The molecule has 0 saturated carbocycles. The van der Waals surface area contributed by atoms with Gasteiger partial charge in [-0.2, -0.15) is 9.50 Å². The lowest BCUT2D eigenvalue weighted by atomic mass is 10.2.